The van der Waals surface area contributed by atoms with Crippen LogP contribution in [0, 0.1) is 12.7 Å². The second kappa shape index (κ2) is 7.39. The topological polar surface area (TPSA) is 73.6 Å². The van der Waals surface area contributed by atoms with Gasteiger partial charge in [0.05, 0.1) is 5.41 Å². The number of nitrogens with two attached hydrogens (primary N) is 1. The summed E-state index contributed by atoms with van der Waals surface area (Å²) in [5, 5.41) is 3.06. The van der Waals surface area contributed by atoms with Crippen LogP contribution in [0.4, 0.5) is 10.1 Å². The van der Waals surface area contributed by atoms with Crippen molar-refractivity contribution >= 4 is 11.6 Å². The number of hydrogen-bond acceptors (Lipinski definition) is 4. The van der Waals surface area contributed by atoms with Crippen LogP contribution in [0.5, 0.6) is 11.5 Å². The van der Waals surface area contributed by atoms with Gasteiger partial charge in [-0.15, -0.1) is 0 Å². The highest BCUT2D eigenvalue weighted by Crippen LogP contribution is 2.51. The highest BCUT2D eigenvalue weighted by atomic mass is 19.1. The molecule has 0 unspecified atom stereocenters. The van der Waals surface area contributed by atoms with Crippen LogP contribution >= 0.6 is 0 Å². The molecule has 1 heterocycles. The number of halogens is 1. The number of ether oxygens (including phenoxy) is 2. The molecule has 0 radical (unpaired) electrons. The molecule has 0 aromatic heterocycles. The minimum Gasteiger partial charge on any atom is -0.454 e. The molecule has 3 aromatic carbocycles. The maximum Gasteiger partial charge on any atom is 0.235 e. The fourth-order valence-electron chi connectivity index (χ4n) is 4.11. The average Bonchev–Trinajstić information content (AvgIpc) is 3.46. The van der Waals surface area contributed by atoms with Crippen molar-refractivity contribution in [2.24, 2.45) is 5.73 Å². The first-order chi connectivity index (χ1) is 15.0. The van der Waals surface area contributed by atoms with E-state index in [0.717, 1.165) is 35.1 Å². The first-order valence-corrected chi connectivity index (χ1v) is 10.3. The normalized spacial score (nSPS) is 15.6. The fraction of sp³-hybridized carbons (Fsp3) is 0.240. The number of benzene rings is 3. The van der Waals surface area contributed by atoms with E-state index < -0.39 is 5.41 Å². The lowest BCUT2D eigenvalue weighted by Crippen LogP contribution is -2.27. The lowest BCUT2D eigenvalue weighted by Gasteiger charge is -2.17. The summed E-state index contributed by atoms with van der Waals surface area (Å²) in [6.07, 6.45) is 1.56. The third-order valence-corrected chi connectivity index (χ3v) is 6.19. The Bertz CT molecular complexity index is 1190. The number of rotatable bonds is 5. The molecule has 5 rings (SSSR count). The minimum atomic E-state index is -0.555. The van der Waals surface area contributed by atoms with Crippen LogP contribution in [0.2, 0.25) is 0 Å². The van der Waals surface area contributed by atoms with E-state index in [2.05, 4.69) is 5.32 Å². The van der Waals surface area contributed by atoms with Gasteiger partial charge in [-0.1, -0.05) is 24.3 Å². The minimum absolute atomic E-state index is 0.0502. The molecule has 0 atom stereocenters. The summed E-state index contributed by atoms with van der Waals surface area (Å²) >= 11 is 0. The van der Waals surface area contributed by atoms with Crippen molar-refractivity contribution in [2.45, 2.75) is 31.7 Å². The van der Waals surface area contributed by atoms with Crippen molar-refractivity contribution in [3.05, 3.63) is 77.1 Å². The van der Waals surface area contributed by atoms with Gasteiger partial charge in [-0.3, -0.25) is 4.79 Å². The van der Waals surface area contributed by atoms with E-state index in [1.165, 1.54) is 6.07 Å². The Morgan fingerprint density at radius 1 is 1.06 bits per heavy atom. The highest BCUT2D eigenvalue weighted by molar-refractivity contribution is 6.02. The van der Waals surface area contributed by atoms with Crippen LogP contribution in [0.15, 0.2) is 54.6 Å². The van der Waals surface area contributed by atoms with Gasteiger partial charge in [0.1, 0.15) is 5.82 Å². The van der Waals surface area contributed by atoms with Gasteiger partial charge in [0.15, 0.2) is 11.5 Å². The molecule has 158 valence electrons. The summed E-state index contributed by atoms with van der Waals surface area (Å²) in [4.78, 5) is 13.2. The molecule has 31 heavy (non-hydrogen) atoms. The van der Waals surface area contributed by atoms with Gasteiger partial charge >= 0.3 is 0 Å². The summed E-state index contributed by atoms with van der Waals surface area (Å²) in [7, 11) is 0. The Morgan fingerprint density at radius 3 is 2.61 bits per heavy atom. The van der Waals surface area contributed by atoms with Gasteiger partial charge in [-0.2, -0.15) is 0 Å². The largest absolute Gasteiger partial charge is 0.454 e. The second-order valence-electron chi connectivity index (χ2n) is 8.14. The third-order valence-electron chi connectivity index (χ3n) is 6.19. The van der Waals surface area contributed by atoms with E-state index in [0.29, 0.717) is 22.7 Å². The van der Waals surface area contributed by atoms with Crippen molar-refractivity contribution in [3.8, 4) is 22.6 Å². The third kappa shape index (κ3) is 3.43. The van der Waals surface area contributed by atoms with Gasteiger partial charge in [0, 0.05) is 17.8 Å². The molecule has 0 spiro atoms. The molecule has 5 nitrogen and oxygen atoms in total. The van der Waals surface area contributed by atoms with Crippen LogP contribution in [0.25, 0.3) is 11.1 Å². The van der Waals surface area contributed by atoms with Crippen molar-refractivity contribution in [2.75, 3.05) is 12.1 Å². The van der Waals surface area contributed by atoms with Gasteiger partial charge < -0.3 is 20.5 Å². The number of nitrogens with one attached hydrogen (secondary N) is 1. The van der Waals surface area contributed by atoms with Crippen LogP contribution in [0.1, 0.15) is 29.5 Å². The Labute approximate surface area is 180 Å². The summed E-state index contributed by atoms with van der Waals surface area (Å²) in [6, 6.07) is 16.4. The van der Waals surface area contributed by atoms with Gasteiger partial charge in [-0.05, 0) is 72.4 Å². The molecule has 6 heteroatoms. The summed E-state index contributed by atoms with van der Waals surface area (Å²) in [6.45, 7) is 2.32. The molecule has 1 aliphatic heterocycles. The Hall–Kier alpha value is -3.38. The Kier molecular flexibility index (Phi) is 4.67. The van der Waals surface area contributed by atoms with Gasteiger partial charge in [0.2, 0.25) is 12.7 Å². The van der Waals surface area contributed by atoms with Crippen molar-refractivity contribution in [1.29, 1.82) is 0 Å². The zero-order chi connectivity index (χ0) is 21.6. The summed E-state index contributed by atoms with van der Waals surface area (Å²) < 4.78 is 25.1. The second-order valence-corrected chi connectivity index (χ2v) is 8.14. The number of fused-ring (bicyclic) bond motifs is 1. The standard InChI is InChI=1S/C25H23FN2O3/c1-15-2-6-19(12-20(15)16-3-4-17(13-27)21(26)10-16)28-24(29)25(8-9-25)18-5-7-22-23(11-18)31-14-30-22/h2-7,10-12H,8-9,13-14,27H2,1H3,(H,28,29). The molecule has 1 aliphatic carbocycles. The molecule has 0 saturated heterocycles. The zero-order valence-electron chi connectivity index (χ0n) is 17.2. The predicted molar refractivity (Wildman–Crippen MR) is 117 cm³/mol. The van der Waals surface area contributed by atoms with E-state index >= 15 is 0 Å². The van der Waals surface area contributed by atoms with Gasteiger partial charge in [0.25, 0.3) is 0 Å². The number of hydrogen-bond donors (Lipinski definition) is 2. The molecular formula is C25H23FN2O3. The average molecular weight is 418 g/mol. The molecule has 1 saturated carbocycles. The molecule has 3 N–H and O–H groups in total. The lowest BCUT2D eigenvalue weighted by atomic mass is 9.94. The number of aryl methyl sites for hydroxylation is 1. The number of carbonyl (C=O) groups excluding carboxylic acids is 1. The van der Waals surface area contributed by atoms with Crippen LogP contribution in [0.3, 0.4) is 0 Å². The summed E-state index contributed by atoms with van der Waals surface area (Å²) in [5.41, 5.74) is 9.72. The van der Waals surface area contributed by atoms with Gasteiger partial charge in [-0.25, -0.2) is 4.39 Å². The first kappa shape index (κ1) is 19.6. The van der Waals surface area contributed by atoms with Crippen LogP contribution < -0.4 is 20.5 Å². The van der Waals surface area contributed by atoms with Crippen LogP contribution in [-0.4, -0.2) is 12.7 Å². The number of carbonyl (C=O) groups is 1. The highest BCUT2D eigenvalue weighted by Gasteiger charge is 2.51. The maximum atomic E-state index is 14.3. The number of amides is 1. The quantitative estimate of drug-likeness (QED) is 0.632. The van der Waals surface area contributed by atoms with Crippen molar-refractivity contribution in [3.63, 3.8) is 0 Å². The van der Waals surface area contributed by atoms with Crippen molar-refractivity contribution < 1.29 is 18.7 Å². The van der Waals surface area contributed by atoms with E-state index in [1.807, 2.05) is 49.4 Å². The van der Waals surface area contributed by atoms with Crippen LogP contribution in [-0.2, 0) is 16.8 Å². The first-order valence-electron chi connectivity index (χ1n) is 10.3. The summed E-state index contributed by atoms with van der Waals surface area (Å²) in [5.74, 6) is 1.01. The molecule has 3 aromatic rings. The lowest BCUT2D eigenvalue weighted by molar-refractivity contribution is -0.118. The van der Waals surface area contributed by atoms with Crippen molar-refractivity contribution in [1.82, 2.24) is 0 Å². The zero-order valence-corrected chi connectivity index (χ0v) is 17.2. The number of anilines is 1. The molecule has 1 fully saturated rings. The smallest absolute Gasteiger partial charge is 0.235 e. The molecule has 0 bridgehead atoms. The van der Waals surface area contributed by atoms with E-state index in [9.17, 15) is 9.18 Å². The Morgan fingerprint density at radius 2 is 1.87 bits per heavy atom. The monoisotopic (exact) mass is 418 g/mol. The molecule has 2 aliphatic rings. The SMILES string of the molecule is Cc1ccc(NC(=O)C2(c3ccc4c(c3)OCO4)CC2)cc1-c1ccc(CN)c(F)c1. The predicted octanol–water partition coefficient (Wildman–Crippen LogP) is 4.66. The van der Waals surface area contributed by atoms with E-state index in [-0.39, 0.29) is 25.1 Å². The van der Waals surface area contributed by atoms with E-state index in [1.54, 1.807) is 6.07 Å². The fourth-order valence-corrected chi connectivity index (χ4v) is 4.11. The molecule has 1 amide bonds. The molecular weight excluding hydrogens is 395 g/mol. The van der Waals surface area contributed by atoms with E-state index in [4.69, 9.17) is 15.2 Å². The Balaban J connectivity index is 1.41. The maximum absolute atomic E-state index is 14.3.